The Morgan fingerprint density at radius 2 is 1.96 bits per heavy atom. The van der Waals surface area contributed by atoms with Gasteiger partial charge in [-0.3, -0.25) is 0 Å². The zero-order valence-corrected chi connectivity index (χ0v) is 13.2. The zero-order chi connectivity index (χ0) is 16.5. The number of nitrogens with one attached hydrogen (secondary N) is 1. The predicted octanol–water partition coefficient (Wildman–Crippen LogP) is 3.66. The second-order valence-corrected chi connectivity index (χ2v) is 5.58. The highest BCUT2D eigenvalue weighted by molar-refractivity contribution is 5.94. The number of benzene rings is 2. The molecular formula is C19H15N5. The summed E-state index contributed by atoms with van der Waals surface area (Å²) in [6.07, 6.45) is 7.18. The molecule has 24 heavy (non-hydrogen) atoms. The third-order valence-electron chi connectivity index (χ3n) is 4.02. The first-order valence-corrected chi connectivity index (χ1v) is 7.63. The first kappa shape index (κ1) is 14.2. The van der Waals surface area contributed by atoms with Crippen LogP contribution in [0.25, 0.3) is 21.8 Å². The lowest BCUT2D eigenvalue weighted by Crippen LogP contribution is -1.99. The Balaban J connectivity index is 1.78. The molecule has 0 radical (unpaired) electrons. The smallest absolute Gasteiger partial charge is 0.160 e. The van der Waals surface area contributed by atoms with Crippen LogP contribution in [0.1, 0.15) is 5.69 Å². The summed E-state index contributed by atoms with van der Waals surface area (Å²) in [6.45, 7) is 2.46. The van der Waals surface area contributed by atoms with E-state index >= 15 is 0 Å². The van der Waals surface area contributed by atoms with Crippen LogP contribution in [0.3, 0.4) is 0 Å². The molecule has 4 rings (SSSR count). The molecule has 4 aromatic rings. The topological polar surface area (TPSA) is 55.6 Å². The number of hydrogen-bond donors (Lipinski definition) is 1. The van der Waals surface area contributed by atoms with E-state index in [4.69, 9.17) is 6.42 Å². The highest BCUT2D eigenvalue weighted by atomic mass is 15.2. The molecule has 2 aromatic carbocycles. The second kappa shape index (κ2) is 5.67. The molecule has 5 nitrogen and oxygen atoms in total. The van der Waals surface area contributed by atoms with E-state index < -0.39 is 0 Å². The van der Waals surface area contributed by atoms with E-state index in [0.717, 1.165) is 39.0 Å². The number of aromatic nitrogens is 4. The molecule has 5 heteroatoms. The number of aryl methyl sites for hydroxylation is 1. The fourth-order valence-electron chi connectivity index (χ4n) is 2.83. The Morgan fingerprint density at radius 1 is 1.12 bits per heavy atom. The molecule has 0 spiro atoms. The maximum absolute atomic E-state index is 5.42. The maximum Gasteiger partial charge on any atom is 0.160 e. The van der Waals surface area contributed by atoms with Crippen molar-refractivity contribution in [3.8, 4) is 12.3 Å². The van der Waals surface area contributed by atoms with Gasteiger partial charge in [0, 0.05) is 16.5 Å². The minimum atomic E-state index is 0.493. The van der Waals surface area contributed by atoms with Crippen molar-refractivity contribution < 1.29 is 0 Å². The molecule has 0 fully saturated rings. The molecule has 1 N–H and O–H groups in total. The number of nitrogens with zero attached hydrogens (tertiary/aromatic N) is 4. The van der Waals surface area contributed by atoms with Gasteiger partial charge < -0.3 is 9.88 Å². The Labute approximate surface area is 139 Å². The zero-order valence-electron chi connectivity index (χ0n) is 13.2. The van der Waals surface area contributed by atoms with E-state index in [-0.39, 0.29) is 0 Å². The minimum absolute atomic E-state index is 0.493. The van der Waals surface area contributed by atoms with Gasteiger partial charge in [-0.05, 0) is 25.1 Å². The molecule has 2 aromatic heterocycles. The van der Waals surface area contributed by atoms with Crippen molar-refractivity contribution in [2.24, 2.45) is 0 Å². The van der Waals surface area contributed by atoms with E-state index in [9.17, 15) is 0 Å². The molecule has 0 aliphatic rings. The Hall–Kier alpha value is -3.39. The third kappa shape index (κ3) is 2.34. The Kier molecular flexibility index (Phi) is 3.36. The number of anilines is 2. The van der Waals surface area contributed by atoms with Crippen LogP contribution in [0.2, 0.25) is 0 Å². The number of fused-ring (bicyclic) bond motifs is 2. The molecule has 0 aliphatic heterocycles. The lowest BCUT2D eigenvalue weighted by atomic mass is 10.1. The molecule has 2 heterocycles. The molecule has 0 atom stereocenters. The third-order valence-corrected chi connectivity index (χ3v) is 4.02. The summed E-state index contributed by atoms with van der Waals surface area (Å²) < 4.78 is 1.94. The minimum Gasteiger partial charge on any atom is -0.338 e. The highest BCUT2D eigenvalue weighted by Crippen LogP contribution is 2.26. The number of hydrogen-bond acceptors (Lipinski definition) is 4. The quantitative estimate of drug-likeness (QED) is 0.586. The molecule has 0 saturated heterocycles. The van der Waals surface area contributed by atoms with Crippen LogP contribution in [0.4, 0.5) is 11.5 Å². The predicted molar refractivity (Wildman–Crippen MR) is 96.1 cm³/mol. The van der Waals surface area contributed by atoms with Crippen molar-refractivity contribution in [1.82, 2.24) is 19.7 Å². The van der Waals surface area contributed by atoms with Gasteiger partial charge in [-0.15, -0.1) is 11.5 Å². The molecule has 116 valence electrons. The largest absolute Gasteiger partial charge is 0.338 e. The van der Waals surface area contributed by atoms with Gasteiger partial charge in [0.15, 0.2) is 5.82 Å². The van der Waals surface area contributed by atoms with Crippen molar-refractivity contribution in [3.63, 3.8) is 0 Å². The van der Waals surface area contributed by atoms with Gasteiger partial charge in [-0.2, -0.15) is 5.10 Å². The van der Waals surface area contributed by atoms with E-state index in [2.05, 4.69) is 32.5 Å². The Morgan fingerprint density at radius 3 is 2.79 bits per heavy atom. The van der Waals surface area contributed by atoms with Gasteiger partial charge in [0.25, 0.3) is 0 Å². The van der Waals surface area contributed by atoms with Crippen LogP contribution in [0, 0.1) is 19.3 Å². The van der Waals surface area contributed by atoms with Gasteiger partial charge in [0.2, 0.25) is 0 Å². The number of terminal acetylenes is 1. The molecule has 0 amide bonds. The molecule has 0 bridgehead atoms. The maximum atomic E-state index is 5.42. The number of rotatable bonds is 3. The lowest BCUT2D eigenvalue weighted by molar-refractivity contribution is 0.871. The molecule has 0 aliphatic carbocycles. The van der Waals surface area contributed by atoms with Crippen molar-refractivity contribution >= 4 is 33.3 Å². The number of imidazole rings is 1. The van der Waals surface area contributed by atoms with E-state index in [1.165, 1.54) is 0 Å². The van der Waals surface area contributed by atoms with Crippen LogP contribution >= 0.6 is 0 Å². The van der Waals surface area contributed by atoms with Crippen LogP contribution in [-0.2, 0) is 6.54 Å². The standard InChI is InChI=1S/C19H15N5/c1-3-10-24-12-20-17-9-8-14(11-18(17)24)21-19-16-7-5-4-6-15(16)13(2)22-23-19/h1,4-9,11-12H,10H2,2H3,(H,21,23). The van der Waals surface area contributed by atoms with Crippen LogP contribution < -0.4 is 5.32 Å². The normalized spacial score (nSPS) is 10.8. The van der Waals surface area contributed by atoms with Crippen molar-refractivity contribution in [2.75, 3.05) is 5.32 Å². The summed E-state index contributed by atoms with van der Waals surface area (Å²) in [5.41, 5.74) is 3.74. The Bertz CT molecular complexity index is 1090. The average Bonchev–Trinajstić information content (AvgIpc) is 3.01. The van der Waals surface area contributed by atoms with Gasteiger partial charge >= 0.3 is 0 Å². The van der Waals surface area contributed by atoms with Crippen molar-refractivity contribution in [2.45, 2.75) is 13.5 Å². The first-order chi connectivity index (χ1) is 11.8. The summed E-state index contributed by atoms with van der Waals surface area (Å²) in [4.78, 5) is 4.36. The summed E-state index contributed by atoms with van der Waals surface area (Å²) in [5.74, 6) is 3.38. The summed E-state index contributed by atoms with van der Waals surface area (Å²) in [6, 6.07) is 14.1. The summed E-state index contributed by atoms with van der Waals surface area (Å²) in [7, 11) is 0. The summed E-state index contributed by atoms with van der Waals surface area (Å²) >= 11 is 0. The molecule has 0 unspecified atom stereocenters. The molecular weight excluding hydrogens is 298 g/mol. The highest BCUT2D eigenvalue weighted by Gasteiger charge is 2.08. The first-order valence-electron chi connectivity index (χ1n) is 7.63. The van der Waals surface area contributed by atoms with E-state index in [1.54, 1.807) is 6.33 Å². The van der Waals surface area contributed by atoms with Gasteiger partial charge in [-0.1, -0.05) is 30.2 Å². The van der Waals surface area contributed by atoms with Crippen LogP contribution in [-0.4, -0.2) is 19.7 Å². The fraction of sp³-hybridized carbons (Fsp3) is 0.105. The second-order valence-electron chi connectivity index (χ2n) is 5.58. The van der Waals surface area contributed by atoms with Crippen molar-refractivity contribution in [1.29, 1.82) is 0 Å². The van der Waals surface area contributed by atoms with Gasteiger partial charge in [0.05, 0.1) is 29.6 Å². The fourth-order valence-corrected chi connectivity index (χ4v) is 2.83. The van der Waals surface area contributed by atoms with Crippen LogP contribution in [0.5, 0.6) is 0 Å². The SMILES string of the molecule is C#CCn1cnc2ccc(Nc3nnc(C)c4ccccc34)cc21. The van der Waals surface area contributed by atoms with Gasteiger partial charge in [-0.25, -0.2) is 4.98 Å². The van der Waals surface area contributed by atoms with Crippen molar-refractivity contribution in [3.05, 3.63) is 54.5 Å². The van der Waals surface area contributed by atoms with Gasteiger partial charge in [0.1, 0.15) is 0 Å². The lowest BCUT2D eigenvalue weighted by Gasteiger charge is -2.10. The van der Waals surface area contributed by atoms with E-state index in [0.29, 0.717) is 6.54 Å². The van der Waals surface area contributed by atoms with E-state index in [1.807, 2.05) is 47.9 Å². The summed E-state index contributed by atoms with van der Waals surface area (Å²) in [5, 5.41) is 14.1. The monoisotopic (exact) mass is 313 g/mol. The average molecular weight is 313 g/mol. The molecule has 0 saturated carbocycles. The van der Waals surface area contributed by atoms with Crippen LogP contribution in [0.15, 0.2) is 48.8 Å².